The summed E-state index contributed by atoms with van der Waals surface area (Å²) in [6.07, 6.45) is 0. The van der Waals surface area contributed by atoms with E-state index in [0.717, 1.165) is 0 Å². The van der Waals surface area contributed by atoms with Crippen molar-refractivity contribution >= 4 is 22.5 Å². The van der Waals surface area contributed by atoms with E-state index in [1.807, 2.05) is 0 Å². The van der Waals surface area contributed by atoms with Gasteiger partial charge in [-0.1, -0.05) is 36.4 Å². The Kier molecular flexibility index (Phi) is 3.08. The monoisotopic (exact) mass is 243 g/mol. The van der Waals surface area contributed by atoms with E-state index >= 15 is 0 Å². The molecule has 0 bridgehead atoms. The zero-order chi connectivity index (χ0) is 11.7. The van der Waals surface area contributed by atoms with Gasteiger partial charge in [-0.05, 0) is 29.4 Å². The van der Waals surface area contributed by atoms with Crippen LogP contribution in [-0.2, 0) is 0 Å². The Bertz CT molecular complexity index is 523. The molecule has 0 saturated carbocycles. The van der Waals surface area contributed by atoms with Crippen molar-refractivity contribution in [3.63, 3.8) is 0 Å². The third-order valence-corrected chi connectivity index (χ3v) is 4.66. The second kappa shape index (κ2) is 4.71. The van der Waals surface area contributed by atoms with Crippen LogP contribution < -0.4 is 0 Å². The summed E-state index contributed by atoms with van der Waals surface area (Å²) < 4.78 is 0. The predicted molar refractivity (Wildman–Crippen MR) is 76.6 cm³/mol. The van der Waals surface area contributed by atoms with E-state index in [1.54, 1.807) is 0 Å². The number of hydrogen-bond acceptors (Lipinski definition) is 2. The lowest BCUT2D eigenvalue weighted by Gasteiger charge is -2.29. The molecule has 0 aromatic heterocycles. The summed E-state index contributed by atoms with van der Waals surface area (Å²) in [5.41, 5.74) is 1.47. The molecular weight excluding hydrogens is 226 g/mol. The first-order chi connectivity index (χ1) is 8.33. The third kappa shape index (κ3) is 2.33. The topological polar surface area (TPSA) is 3.24 Å². The third-order valence-electron chi connectivity index (χ3n) is 3.41. The fraction of sp³-hybridized carbons (Fsp3) is 0.333. The Morgan fingerprint density at radius 3 is 2.76 bits per heavy atom. The summed E-state index contributed by atoms with van der Waals surface area (Å²) in [6.45, 7) is 2.39. The van der Waals surface area contributed by atoms with Gasteiger partial charge >= 0.3 is 0 Å². The van der Waals surface area contributed by atoms with Crippen LogP contribution in [0.25, 0.3) is 10.8 Å². The molecule has 17 heavy (non-hydrogen) atoms. The summed E-state index contributed by atoms with van der Waals surface area (Å²) >= 11 is 2.09. The number of nitrogens with zero attached hydrogens (tertiary/aromatic N) is 1. The summed E-state index contributed by atoms with van der Waals surface area (Å²) in [5.74, 6) is 1.24. The second-order valence-electron chi connectivity index (χ2n) is 4.73. The van der Waals surface area contributed by atoms with E-state index < -0.39 is 0 Å². The molecule has 1 fully saturated rings. The van der Waals surface area contributed by atoms with Gasteiger partial charge in [0, 0.05) is 24.1 Å². The highest BCUT2D eigenvalue weighted by Gasteiger charge is 2.19. The van der Waals surface area contributed by atoms with Crippen molar-refractivity contribution in [3.8, 4) is 0 Å². The summed E-state index contributed by atoms with van der Waals surface area (Å²) in [4.78, 5) is 2.43. The van der Waals surface area contributed by atoms with Gasteiger partial charge in [0.25, 0.3) is 0 Å². The molecule has 88 valence electrons. The number of thioether (sulfide) groups is 1. The van der Waals surface area contributed by atoms with Crippen molar-refractivity contribution in [2.75, 3.05) is 25.9 Å². The minimum Gasteiger partial charge on any atom is -0.304 e. The van der Waals surface area contributed by atoms with Crippen molar-refractivity contribution in [1.82, 2.24) is 4.90 Å². The predicted octanol–water partition coefficient (Wildman–Crippen LogP) is 3.56. The van der Waals surface area contributed by atoms with Crippen LogP contribution in [0.2, 0.25) is 0 Å². The molecule has 0 N–H and O–H groups in total. The van der Waals surface area contributed by atoms with Crippen LogP contribution in [0, 0.1) is 0 Å². The Morgan fingerprint density at radius 2 is 1.94 bits per heavy atom. The van der Waals surface area contributed by atoms with Gasteiger partial charge in [-0.25, -0.2) is 0 Å². The van der Waals surface area contributed by atoms with Crippen molar-refractivity contribution in [1.29, 1.82) is 0 Å². The number of hydrogen-bond donors (Lipinski definition) is 0. The van der Waals surface area contributed by atoms with E-state index in [2.05, 4.69) is 66.2 Å². The van der Waals surface area contributed by atoms with Crippen molar-refractivity contribution in [3.05, 3.63) is 48.0 Å². The van der Waals surface area contributed by atoms with Crippen LogP contribution in [0.1, 0.15) is 10.8 Å². The van der Waals surface area contributed by atoms with Crippen LogP contribution in [0.5, 0.6) is 0 Å². The molecule has 0 spiro atoms. The summed E-state index contributed by atoms with van der Waals surface area (Å²) in [7, 11) is 2.22. The van der Waals surface area contributed by atoms with Gasteiger partial charge in [-0.3, -0.25) is 0 Å². The highest BCUT2D eigenvalue weighted by molar-refractivity contribution is 7.99. The van der Waals surface area contributed by atoms with Gasteiger partial charge in [0.1, 0.15) is 0 Å². The van der Waals surface area contributed by atoms with Crippen molar-refractivity contribution in [2.45, 2.75) is 5.25 Å². The van der Waals surface area contributed by atoms with Gasteiger partial charge in [-0.2, -0.15) is 11.8 Å². The molecule has 2 heteroatoms. The van der Waals surface area contributed by atoms with E-state index in [4.69, 9.17) is 0 Å². The van der Waals surface area contributed by atoms with Gasteiger partial charge in [0.15, 0.2) is 0 Å². The lowest BCUT2D eigenvalue weighted by molar-refractivity contribution is 0.347. The van der Waals surface area contributed by atoms with Crippen LogP contribution in [0.4, 0.5) is 0 Å². The maximum Gasteiger partial charge on any atom is 0.0424 e. The SMILES string of the molecule is CN1CCSC(c2ccc3ccccc3c2)C1. The number of fused-ring (bicyclic) bond motifs is 1. The largest absolute Gasteiger partial charge is 0.304 e. The van der Waals surface area contributed by atoms with Crippen LogP contribution in [0.3, 0.4) is 0 Å². The standard InChI is InChI=1S/C15H17NS/c1-16-8-9-17-15(11-16)14-7-6-12-4-2-3-5-13(12)10-14/h2-7,10,15H,8-9,11H2,1H3. The summed E-state index contributed by atoms with van der Waals surface area (Å²) in [5, 5.41) is 3.34. The summed E-state index contributed by atoms with van der Waals surface area (Å²) in [6, 6.07) is 15.5. The maximum atomic E-state index is 2.43. The van der Waals surface area contributed by atoms with Crippen molar-refractivity contribution < 1.29 is 0 Å². The Morgan fingerprint density at radius 1 is 1.12 bits per heavy atom. The highest BCUT2D eigenvalue weighted by atomic mass is 32.2. The smallest absolute Gasteiger partial charge is 0.0424 e. The molecule has 0 radical (unpaired) electrons. The zero-order valence-electron chi connectivity index (χ0n) is 10.1. The molecule has 1 nitrogen and oxygen atoms in total. The first-order valence-electron chi connectivity index (χ1n) is 6.12. The van der Waals surface area contributed by atoms with Crippen LogP contribution in [-0.4, -0.2) is 30.8 Å². The Balaban J connectivity index is 1.94. The molecule has 1 aliphatic rings. The molecule has 2 aromatic carbocycles. The zero-order valence-corrected chi connectivity index (χ0v) is 10.9. The molecule has 1 saturated heterocycles. The molecule has 1 unspecified atom stereocenters. The normalized spacial score (nSPS) is 21.8. The lowest BCUT2D eigenvalue weighted by atomic mass is 10.0. The molecular formula is C15H17NS. The molecule has 0 aliphatic carbocycles. The second-order valence-corrected chi connectivity index (χ2v) is 6.04. The minimum absolute atomic E-state index is 0.637. The van der Waals surface area contributed by atoms with Gasteiger partial charge in [0.05, 0.1) is 0 Å². The fourth-order valence-corrected chi connectivity index (χ4v) is 3.79. The van der Waals surface area contributed by atoms with E-state index in [9.17, 15) is 0 Å². The van der Waals surface area contributed by atoms with Crippen LogP contribution >= 0.6 is 11.8 Å². The lowest BCUT2D eigenvalue weighted by Crippen LogP contribution is -2.30. The van der Waals surface area contributed by atoms with Crippen LogP contribution in [0.15, 0.2) is 42.5 Å². The first-order valence-corrected chi connectivity index (χ1v) is 7.17. The number of likely N-dealkylation sites (N-methyl/N-ethyl adjacent to an activating group) is 1. The highest BCUT2D eigenvalue weighted by Crippen LogP contribution is 2.33. The molecule has 2 aromatic rings. The average molecular weight is 243 g/mol. The quantitative estimate of drug-likeness (QED) is 0.753. The first kappa shape index (κ1) is 11.1. The van der Waals surface area contributed by atoms with E-state index in [1.165, 1.54) is 35.2 Å². The molecule has 1 heterocycles. The fourth-order valence-electron chi connectivity index (χ4n) is 2.39. The van der Waals surface area contributed by atoms with Gasteiger partial charge < -0.3 is 4.90 Å². The molecule has 1 atom stereocenters. The maximum absolute atomic E-state index is 2.43. The van der Waals surface area contributed by atoms with Gasteiger partial charge in [-0.15, -0.1) is 0 Å². The van der Waals surface area contributed by atoms with Gasteiger partial charge in [0.2, 0.25) is 0 Å². The molecule has 0 amide bonds. The molecule has 3 rings (SSSR count). The number of rotatable bonds is 1. The van der Waals surface area contributed by atoms with Crippen molar-refractivity contribution in [2.24, 2.45) is 0 Å². The Hall–Kier alpha value is -0.990. The molecule has 1 aliphatic heterocycles. The minimum atomic E-state index is 0.637. The van der Waals surface area contributed by atoms with E-state index in [0.29, 0.717) is 5.25 Å². The Labute approximate surface area is 107 Å². The van der Waals surface area contributed by atoms with E-state index in [-0.39, 0.29) is 0 Å². The number of benzene rings is 2. The average Bonchev–Trinajstić information content (AvgIpc) is 2.38.